The van der Waals surface area contributed by atoms with E-state index in [1.54, 1.807) is 6.21 Å². The standard InChI is InChI=1S/C25H23N7O2/c26-23-21(25(33)28-14-16-6-5-11-34-16)22-24(31-20-10-4-3-9-19(20)30-22)32(23)29-13-15-12-27-18-8-2-1-7-17(15)18/h1-4,7-10,12-13,16,27H,5-6,11,14,26H2,(H,28,33)/b29-13+/t16-/m1/s1. The van der Waals surface area contributed by atoms with Gasteiger partial charge in [0.25, 0.3) is 5.91 Å². The van der Waals surface area contributed by atoms with E-state index in [4.69, 9.17) is 20.4 Å². The fourth-order valence-corrected chi connectivity index (χ4v) is 4.41. The van der Waals surface area contributed by atoms with Crippen molar-refractivity contribution in [1.29, 1.82) is 0 Å². The predicted molar refractivity (Wildman–Crippen MR) is 132 cm³/mol. The van der Waals surface area contributed by atoms with Crippen LogP contribution in [0.2, 0.25) is 0 Å². The summed E-state index contributed by atoms with van der Waals surface area (Å²) >= 11 is 0. The van der Waals surface area contributed by atoms with Gasteiger partial charge in [0, 0.05) is 35.8 Å². The highest BCUT2D eigenvalue weighted by atomic mass is 16.5. The number of carbonyl (C=O) groups is 1. The minimum absolute atomic E-state index is 0.0188. The highest BCUT2D eigenvalue weighted by molar-refractivity contribution is 6.11. The van der Waals surface area contributed by atoms with Gasteiger partial charge in [-0.2, -0.15) is 9.78 Å². The number of hydrogen-bond acceptors (Lipinski definition) is 6. The van der Waals surface area contributed by atoms with Crippen molar-refractivity contribution in [2.24, 2.45) is 5.10 Å². The Labute approximate surface area is 194 Å². The Morgan fingerprint density at radius 1 is 1.21 bits per heavy atom. The molecule has 1 saturated heterocycles. The number of H-pyrrole nitrogens is 1. The summed E-state index contributed by atoms with van der Waals surface area (Å²) in [6.45, 7) is 1.15. The molecule has 5 aromatic rings. The van der Waals surface area contributed by atoms with Gasteiger partial charge < -0.3 is 20.8 Å². The summed E-state index contributed by atoms with van der Waals surface area (Å²) in [6.07, 6.45) is 5.54. The minimum atomic E-state index is -0.316. The smallest absolute Gasteiger partial charge is 0.257 e. The zero-order valence-corrected chi connectivity index (χ0v) is 18.4. The van der Waals surface area contributed by atoms with Gasteiger partial charge in [-0.3, -0.25) is 4.79 Å². The van der Waals surface area contributed by atoms with Crippen molar-refractivity contribution < 1.29 is 9.53 Å². The summed E-state index contributed by atoms with van der Waals surface area (Å²) in [4.78, 5) is 25.9. The third-order valence-corrected chi connectivity index (χ3v) is 6.15. The molecule has 1 atom stereocenters. The third kappa shape index (κ3) is 3.46. The molecule has 170 valence electrons. The Hall–Kier alpha value is -4.24. The first-order valence-corrected chi connectivity index (χ1v) is 11.3. The normalized spacial score (nSPS) is 16.3. The molecule has 9 nitrogen and oxygen atoms in total. The molecule has 0 bridgehead atoms. The van der Waals surface area contributed by atoms with Crippen LogP contribution in [0.15, 0.2) is 59.8 Å². The number of amides is 1. The fraction of sp³-hybridized carbons (Fsp3) is 0.200. The van der Waals surface area contributed by atoms with Crippen molar-refractivity contribution in [2.75, 3.05) is 18.9 Å². The van der Waals surface area contributed by atoms with Crippen LogP contribution in [-0.2, 0) is 4.74 Å². The summed E-state index contributed by atoms with van der Waals surface area (Å²) in [7, 11) is 0. The van der Waals surface area contributed by atoms with Crippen molar-refractivity contribution in [2.45, 2.75) is 18.9 Å². The molecule has 4 N–H and O–H groups in total. The molecule has 6 rings (SSSR count). The molecule has 1 amide bonds. The SMILES string of the molecule is Nc1c(C(=O)NC[C@H]2CCCO2)c2nc3ccccc3nc2n1/N=C/c1c[nH]c2ccccc12. The number of nitrogens with zero attached hydrogens (tertiary/aromatic N) is 4. The van der Waals surface area contributed by atoms with Crippen LogP contribution in [0.25, 0.3) is 33.1 Å². The van der Waals surface area contributed by atoms with Gasteiger partial charge in [-0.15, -0.1) is 0 Å². The Balaban J connectivity index is 1.45. The molecule has 34 heavy (non-hydrogen) atoms. The molecular weight excluding hydrogens is 430 g/mol. The Bertz CT molecular complexity index is 1560. The highest BCUT2D eigenvalue weighted by Gasteiger charge is 2.25. The van der Waals surface area contributed by atoms with E-state index < -0.39 is 0 Å². The number of carbonyl (C=O) groups excluding carboxylic acids is 1. The molecule has 0 saturated carbocycles. The Morgan fingerprint density at radius 3 is 2.82 bits per heavy atom. The number of anilines is 1. The lowest BCUT2D eigenvalue weighted by atomic mass is 10.2. The molecular formula is C25H23N7O2. The van der Waals surface area contributed by atoms with Gasteiger partial charge in [-0.25, -0.2) is 9.97 Å². The van der Waals surface area contributed by atoms with Gasteiger partial charge in [0.05, 0.1) is 23.4 Å². The molecule has 1 fully saturated rings. The van der Waals surface area contributed by atoms with Gasteiger partial charge in [-0.1, -0.05) is 30.3 Å². The second-order valence-electron chi connectivity index (χ2n) is 8.34. The first-order chi connectivity index (χ1) is 16.7. The van der Waals surface area contributed by atoms with E-state index in [0.717, 1.165) is 35.9 Å². The van der Waals surface area contributed by atoms with E-state index in [0.29, 0.717) is 28.7 Å². The molecule has 4 heterocycles. The number of fused-ring (bicyclic) bond motifs is 3. The molecule has 0 aliphatic carbocycles. The van der Waals surface area contributed by atoms with Gasteiger partial charge in [-0.05, 0) is 31.0 Å². The molecule has 1 aliphatic rings. The van der Waals surface area contributed by atoms with E-state index >= 15 is 0 Å². The maximum absolute atomic E-state index is 13.2. The summed E-state index contributed by atoms with van der Waals surface area (Å²) in [5.41, 5.74) is 10.9. The fourth-order valence-electron chi connectivity index (χ4n) is 4.41. The summed E-state index contributed by atoms with van der Waals surface area (Å²) < 4.78 is 7.11. The lowest BCUT2D eigenvalue weighted by molar-refractivity contribution is 0.0859. The van der Waals surface area contributed by atoms with Gasteiger partial charge in [0.2, 0.25) is 0 Å². The maximum atomic E-state index is 13.2. The van der Waals surface area contributed by atoms with Gasteiger partial charge in [0.15, 0.2) is 5.65 Å². The van der Waals surface area contributed by atoms with Crippen molar-refractivity contribution in [3.8, 4) is 0 Å². The number of nitrogens with one attached hydrogen (secondary N) is 2. The van der Waals surface area contributed by atoms with Crippen molar-refractivity contribution >= 4 is 51.0 Å². The van der Waals surface area contributed by atoms with E-state index in [2.05, 4.69) is 15.4 Å². The third-order valence-electron chi connectivity index (χ3n) is 6.15. The Kier molecular flexibility index (Phi) is 4.96. The lowest BCUT2D eigenvalue weighted by Gasteiger charge is -2.10. The van der Waals surface area contributed by atoms with Crippen LogP contribution >= 0.6 is 0 Å². The van der Waals surface area contributed by atoms with Gasteiger partial charge in [0.1, 0.15) is 16.9 Å². The molecule has 0 unspecified atom stereocenters. The van der Waals surface area contributed by atoms with Crippen LogP contribution in [0.5, 0.6) is 0 Å². The first-order valence-electron chi connectivity index (χ1n) is 11.3. The molecule has 3 aromatic heterocycles. The topological polar surface area (TPSA) is 123 Å². The molecule has 1 aliphatic heterocycles. The average Bonchev–Trinajstić information content (AvgIpc) is 3.58. The number of aromatic nitrogens is 4. The average molecular weight is 454 g/mol. The van der Waals surface area contributed by atoms with E-state index in [1.807, 2.05) is 54.7 Å². The number of hydrogen-bond donors (Lipinski definition) is 3. The van der Waals surface area contributed by atoms with E-state index in [9.17, 15) is 4.79 Å². The molecule has 2 aromatic carbocycles. The van der Waals surface area contributed by atoms with Crippen LogP contribution in [0.3, 0.4) is 0 Å². The summed E-state index contributed by atoms with van der Waals surface area (Å²) in [6, 6.07) is 15.5. The van der Waals surface area contributed by atoms with E-state index in [-0.39, 0.29) is 23.4 Å². The van der Waals surface area contributed by atoms with Gasteiger partial charge >= 0.3 is 0 Å². The van der Waals surface area contributed by atoms with Crippen LogP contribution in [0, 0.1) is 0 Å². The summed E-state index contributed by atoms with van der Waals surface area (Å²) in [5.74, 6) is -0.130. The zero-order valence-electron chi connectivity index (χ0n) is 18.4. The number of ether oxygens (including phenoxy) is 1. The summed E-state index contributed by atoms with van der Waals surface area (Å²) in [5, 5.41) is 8.60. The van der Waals surface area contributed by atoms with Crippen LogP contribution in [0.4, 0.5) is 5.82 Å². The second kappa shape index (κ2) is 8.27. The minimum Gasteiger partial charge on any atom is -0.383 e. The van der Waals surface area contributed by atoms with Crippen LogP contribution in [0.1, 0.15) is 28.8 Å². The number of para-hydroxylation sites is 3. The largest absolute Gasteiger partial charge is 0.383 e. The predicted octanol–water partition coefficient (Wildman–Crippen LogP) is 3.44. The maximum Gasteiger partial charge on any atom is 0.257 e. The molecule has 0 spiro atoms. The van der Waals surface area contributed by atoms with Crippen LogP contribution < -0.4 is 11.1 Å². The number of rotatable bonds is 5. The van der Waals surface area contributed by atoms with Crippen LogP contribution in [-0.4, -0.2) is 51.0 Å². The number of nitrogen functional groups attached to an aromatic ring is 1. The number of benzene rings is 2. The first kappa shape index (κ1) is 20.4. The Morgan fingerprint density at radius 2 is 2.00 bits per heavy atom. The second-order valence-corrected chi connectivity index (χ2v) is 8.34. The van der Waals surface area contributed by atoms with Crippen molar-refractivity contribution in [3.05, 3.63) is 65.9 Å². The quantitative estimate of drug-likeness (QED) is 0.352. The van der Waals surface area contributed by atoms with E-state index in [1.165, 1.54) is 4.68 Å². The lowest BCUT2D eigenvalue weighted by Crippen LogP contribution is -2.32. The highest BCUT2D eigenvalue weighted by Crippen LogP contribution is 2.28. The molecule has 0 radical (unpaired) electrons. The number of aromatic amines is 1. The molecule has 9 heteroatoms. The monoisotopic (exact) mass is 453 g/mol. The van der Waals surface area contributed by atoms with Crippen molar-refractivity contribution in [1.82, 2.24) is 24.9 Å². The number of nitrogens with two attached hydrogens (primary N) is 1. The van der Waals surface area contributed by atoms with Crippen molar-refractivity contribution in [3.63, 3.8) is 0 Å². The zero-order chi connectivity index (χ0) is 23.1.